The molecule has 0 atom stereocenters. The molecule has 0 unspecified atom stereocenters. The predicted octanol–water partition coefficient (Wildman–Crippen LogP) is 4.78. The maximum absolute atomic E-state index is 5.91. The van der Waals surface area contributed by atoms with Gasteiger partial charge in [-0.25, -0.2) is 4.98 Å². The Kier molecular flexibility index (Phi) is 4.33. The molecule has 0 aliphatic heterocycles. The molecular weight excluding hydrogens is 344 g/mol. The molecule has 2 aromatic heterocycles. The van der Waals surface area contributed by atoms with E-state index in [4.69, 9.17) is 16.0 Å². The zero-order chi connectivity index (χ0) is 16.5. The van der Waals surface area contributed by atoms with Crippen LogP contribution >= 0.6 is 23.4 Å². The molecule has 1 saturated carbocycles. The van der Waals surface area contributed by atoms with Crippen molar-refractivity contribution in [2.24, 2.45) is 0 Å². The first-order chi connectivity index (χ1) is 11.7. The summed E-state index contributed by atoms with van der Waals surface area (Å²) in [6.07, 6.45) is 4.17. The van der Waals surface area contributed by atoms with Gasteiger partial charge in [0.2, 0.25) is 5.89 Å². The molecule has 0 amide bonds. The SMILES string of the molecule is CCn1c(SCc2coc(-c3ccc(Cl)cc3)n2)nnc1C1CC1. The van der Waals surface area contributed by atoms with Crippen molar-refractivity contribution in [2.45, 2.75) is 43.1 Å². The zero-order valence-electron chi connectivity index (χ0n) is 13.3. The second-order valence-electron chi connectivity index (χ2n) is 5.80. The summed E-state index contributed by atoms with van der Waals surface area (Å²) in [5, 5.41) is 10.4. The Labute approximate surface area is 149 Å². The third kappa shape index (κ3) is 3.21. The number of benzene rings is 1. The van der Waals surface area contributed by atoms with Gasteiger partial charge in [-0.2, -0.15) is 0 Å². The number of thioether (sulfide) groups is 1. The van der Waals surface area contributed by atoms with Crippen LogP contribution in [0, 0.1) is 0 Å². The van der Waals surface area contributed by atoms with Gasteiger partial charge in [0.05, 0.1) is 5.69 Å². The van der Waals surface area contributed by atoms with E-state index in [-0.39, 0.29) is 0 Å². The van der Waals surface area contributed by atoms with Crippen LogP contribution < -0.4 is 0 Å². The Morgan fingerprint density at radius 2 is 2.04 bits per heavy atom. The number of aromatic nitrogens is 4. The molecule has 0 spiro atoms. The summed E-state index contributed by atoms with van der Waals surface area (Å²) in [7, 11) is 0. The van der Waals surface area contributed by atoms with Gasteiger partial charge in [0.25, 0.3) is 0 Å². The van der Waals surface area contributed by atoms with E-state index >= 15 is 0 Å². The van der Waals surface area contributed by atoms with E-state index in [2.05, 4.69) is 26.7 Å². The van der Waals surface area contributed by atoms with Crippen molar-refractivity contribution in [1.82, 2.24) is 19.7 Å². The first-order valence-electron chi connectivity index (χ1n) is 8.01. The van der Waals surface area contributed by atoms with E-state index in [1.54, 1.807) is 18.0 Å². The van der Waals surface area contributed by atoms with Gasteiger partial charge in [0.1, 0.15) is 12.1 Å². The van der Waals surface area contributed by atoms with Gasteiger partial charge in [-0.15, -0.1) is 10.2 Å². The van der Waals surface area contributed by atoms with Gasteiger partial charge in [-0.1, -0.05) is 23.4 Å². The fraction of sp³-hybridized carbons (Fsp3) is 0.353. The molecule has 1 aromatic carbocycles. The van der Waals surface area contributed by atoms with Crippen molar-refractivity contribution in [3.8, 4) is 11.5 Å². The van der Waals surface area contributed by atoms with Gasteiger partial charge in [-0.05, 0) is 44.0 Å². The number of nitrogens with zero attached hydrogens (tertiary/aromatic N) is 4. The van der Waals surface area contributed by atoms with E-state index in [9.17, 15) is 0 Å². The third-order valence-corrected chi connectivity index (χ3v) is 5.25. The van der Waals surface area contributed by atoms with Crippen LogP contribution in [0.1, 0.15) is 37.2 Å². The topological polar surface area (TPSA) is 56.7 Å². The Morgan fingerprint density at radius 1 is 1.25 bits per heavy atom. The summed E-state index contributed by atoms with van der Waals surface area (Å²) in [5.74, 6) is 3.05. The molecule has 4 rings (SSSR count). The van der Waals surface area contributed by atoms with Crippen molar-refractivity contribution < 1.29 is 4.42 Å². The molecule has 24 heavy (non-hydrogen) atoms. The highest BCUT2D eigenvalue weighted by Gasteiger charge is 2.29. The van der Waals surface area contributed by atoms with Crippen LogP contribution in [0.4, 0.5) is 0 Å². The number of oxazole rings is 1. The monoisotopic (exact) mass is 360 g/mol. The number of hydrogen-bond donors (Lipinski definition) is 0. The molecule has 1 aliphatic rings. The van der Waals surface area contributed by atoms with Gasteiger partial charge < -0.3 is 8.98 Å². The van der Waals surface area contributed by atoms with Crippen LogP contribution in [0.2, 0.25) is 5.02 Å². The number of halogens is 1. The molecule has 0 radical (unpaired) electrons. The van der Waals surface area contributed by atoms with E-state index in [0.29, 0.717) is 22.6 Å². The molecule has 1 fully saturated rings. The average Bonchev–Trinajstić information content (AvgIpc) is 3.19. The minimum Gasteiger partial charge on any atom is -0.444 e. The smallest absolute Gasteiger partial charge is 0.226 e. The van der Waals surface area contributed by atoms with E-state index in [1.165, 1.54) is 12.8 Å². The van der Waals surface area contributed by atoms with Crippen LogP contribution in [0.15, 0.2) is 40.1 Å². The molecule has 5 nitrogen and oxygen atoms in total. The Hall–Kier alpha value is -1.79. The van der Waals surface area contributed by atoms with Crippen molar-refractivity contribution in [3.63, 3.8) is 0 Å². The second-order valence-corrected chi connectivity index (χ2v) is 7.18. The minimum atomic E-state index is 0.607. The summed E-state index contributed by atoms with van der Waals surface area (Å²) >= 11 is 7.56. The fourth-order valence-electron chi connectivity index (χ4n) is 2.58. The Balaban J connectivity index is 1.46. The molecule has 0 bridgehead atoms. The molecule has 7 heteroatoms. The molecule has 3 aromatic rings. The lowest BCUT2D eigenvalue weighted by Gasteiger charge is -2.05. The second kappa shape index (κ2) is 6.61. The first kappa shape index (κ1) is 15.7. The number of hydrogen-bond acceptors (Lipinski definition) is 5. The first-order valence-corrected chi connectivity index (χ1v) is 9.37. The highest BCUT2D eigenvalue weighted by atomic mass is 35.5. The van der Waals surface area contributed by atoms with E-state index in [1.807, 2.05) is 24.3 Å². The lowest BCUT2D eigenvalue weighted by molar-refractivity contribution is 0.573. The lowest BCUT2D eigenvalue weighted by Crippen LogP contribution is -2.02. The zero-order valence-corrected chi connectivity index (χ0v) is 14.8. The van der Waals surface area contributed by atoms with Gasteiger partial charge >= 0.3 is 0 Å². The number of rotatable bonds is 6. The lowest BCUT2D eigenvalue weighted by atomic mass is 10.2. The molecular formula is C17H17ClN4OS. The van der Waals surface area contributed by atoms with Crippen molar-refractivity contribution >= 4 is 23.4 Å². The van der Waals surface area contributed by atoms with Gasteiger partial charge in [-0.3, -0.25) is 0 Å². The summed E-state index contributed by atoms with van der Waals surface area (Å²) < 4.78 is 7.79. The Bertz CT molecular complexity index is 839. The average molecular weight is 361 g/mol. The molecule has 2 heterocycles. The van der Waals surface area contributed by atoms with Crippen LogP contribution in [0.3, 0.4) is 0 Å². The van der Waals surface area contributed by atoms with Crippen LogP contribution in [0.25, 0.3) is 11.5 Å². The summed E-state index contributed by atoms with van der Waals surface area (Å²) in [6, 6.07) is 7.47. The summed E-state index contributed by atoms with van der Waals surface area (Å²) in [4.78, 5) is 4.55. The minimum absolute atomic E-state index is 0.607. The normalized spacial score (nSPS) is 14.2. The maximum Gasteiger partial charge on any atom is 0.226 e. The van der Waals surface area contributed by atoms with Gasteiger partial charge in [0.15, 0.2) is 5.16 Å². The van der Waals surface area contributed by atoms with Crippen molar-refractivity contribution in [2.75, 3.05) is 0 Å². The Morgan fingerprint density at radius 3 is 2.75 bits per heavy atom. The largest absolute Gasteiger partial charge is 0.444 e. The van der Waals surface area contributed by atoms with Crippen LogP contribution in [0.5, 0.6) is 0 Å². The summed E-state index contributed by atoms with van der Waals surface area (Å²) in [5.41, 5.74) is 1.81. The third-order valence-electron chi connectivity index (χ3n) is 4.00. The van der Waals surface area contributed by atoms with Crippen molar-refractivity contribution in [3.05, 3.63) is 47.1 Å². The van der Waals surface area contributed by atoms with Gasteiger partial charge in [0, 0.05) is 28.8 Å². The quantitative estimate of drug-likeness (QED) is 0.592. The van der Waals surface area contributed by atoms with E-state index < -0.39 is 0 Å². The van der Waals surface area contributed by atoms with Crippen molar-refractivity contribution in [1.29, 1.82) is 0 Å². The predicted molar refractivity (Wildman–Crippen MR) is 94.2 cm³/mol. The standard InChI is InChI=1S/C17H17ClN4OS/c1-2-22-15(11-3-4-11)20-21-17(22)24-10-14-9-23-16(19-14)12-5-7-13(18)8-6-12/h5-9,11H,2-4,10H2,1H3. The highest BCUT2D eigenvalue weighted by Crippen LogP contribution is 2.40. The summed E-state index contributed by atoms with van der Waals surface area (Å²) in [6.45, 7) is 3.03. The molecule has 0 saturated heterocycles. The molecule has 124 valence electrons. The highest BCUT2D eigenvalue weighted by molar-refractivity contribution is 7.98. The molecule has 1 aliphatic carbocycles. The maximum atomic E-state index is 5.91. The molecule has 0 N–H and O–H groups in total. The van der Waals surface area contributed by atoms with Crippen LogP contribution in [-0.2, 0) is 12.3 Å². The van der Waals surface area contributed by atoms with E-state index in [0.717, 1.165) is 28.8 Å². The fourth-order valence-corrected chi connectivity index (χ4v) is 3.60. The van der Waals surface area contributed by atoms with Crippen LogP contribution in [-0.4, -0.2) is 19.7 Å².